The van der Waals surface area contributed by atoms with Crippen molar-refractivity contribution in [3.05, 3.63) is 29.8 Å². The van der Waals surface area contributed by atoms with Crippen LogP contribution >= 0.6 is 0 Å². The van der Waals surface area contributed by atoms with Crippen LogP contribution < -0.4 is 10.6 Å². The van der Waals surface area contributed by atoms with Gasteiger partial charge in [-0.15, -0.1) is 0 Å². The molecule has 108 valence electrons. The quantitative estimate of drug-likeness (QED) is 0.871. The van der Waals surface area contributed by atoms with Gasteiger partial charge in [-0.25, -0.2) is 0 Å². The molecule has 1 saturated heterocycles. The van der Waals surface area contributed by atoms with E-state index in [1.165, 1.54) is 0 Å². The van der Waals surface area contributed by atoms with Crippen molar-refractivity contribution in [1.29, 1.82) is 0 Å². The Kier molecular flexibility index (Phi) is 4.05. The Labute approximate surface area is 121 Å². The molecule has 5 heteroatoms. The van der Waals surface area contributed by atoms with Crippen molar-refractivity contribution in [1.82, 2.24) is 5.32 Å². The number of para-hydroxylation sites is 1. The highest BCUT2D eigenvalue weighted by atomic mass is 32.2. The third kappa shape index (κ3) is 2.87. The molecule has 1 unspecified atom stereocenters. The van der Waals surface area contributed by atoms with E-state index in [9.17, 15) is 9.00 Å². The second-order valence-electron chi connectivity index (χ2n) is 5.49. The zero-order valence-corrected chi connectivity index (χ0v) is 12.2. The molecule has 2 aliphatic heterocycles. The lowest BCUT2D eigenvalue weighted by Crippen LogP contribution is -2.42. The zero-order valence-electron chi connectivity index (χ0n) is 11.4. The molecule has 0 aliphatic carbocycles. The van der Waals surface area contributed by atoms with Gasteiger partial charge in [-0.2, -0.15) is 0 Å². The van der Waals surface area contributed by atoms with Crippen LogP contribution in [0.25, 0.3) is 0 Å². The van der Waals surface area contributed by atoms with Crippen LogP contribution in [0.3, 0.4) is 0 Å². The second kappa shape index (κ2) is 5.95. The minimum absolute atomic E-state index is 0.0557. The maximum atomic E-state index is 12.5. The van der Waals surface area contributed by atoms with Gasteiger partial charge in [0.2, 0.25) is 5.91 Å². The largest absolute Gasteiger partial charge is 0.385 e. The molecule has 1 atom stereocenters. The van der Waals surface area contributed by atoms with Gasteiger partial charge in [0.25, 0.3) is 0 Å². The summed E-state index contributed by atoms with van der Waals surface area (Å²) in [7, 11) is -0.678. The molecule has 3 rings (SSSR count). The normalized spacial score (nSPS) is 29.1. The fourth-order valence-corrected chi connectivity index (χ4v) is 4.28. The Balaban J connectivity index is 1.67. The Hall–Kier alpha value is -1.36. The Morgan fingerprint density at radius 3 is 2.75 bits per heavy atom. The number of carbonyl (C=O) groups is 1. The molecule has 0 spiro atoms. The Bertz CT molecular complexity index is 522. The predicted molar refractivity (Wildman–Crippen MR) is 81.3 cm³/mol. The number of rotatable bonds is 2. The van der Waals surface area contributed by atoms with Gasteiger partial charge in [0.15, 0.2) is 0 Å². The summed E-state index contributed by atoms with van der Waals surface area (Å²) in [6, 6.07) is 8.22. The molecule has 2 N–H and O–H groups in total. The van der Waals surface area contributed by atoms with E-state index in [2.05, 4.69) is 10.6 Å². The number of anilines is 1. The summed E-state index contributed by atoms with van der Waals surface area (Å²) < 4.78 is 11.3. The van der Waals surface area contributed by atoms with Gasteiger partial charge in [0.05, 0.1) is 5.92 Å². The van der Waals surface area contributed by atoms with Crippen molar-refractivity contribution in [2.45, 2.75) is 31.2 Å². The molecule has 1 aromatic carbocycles. The van der Waals surface area contributed by atoms with Gasteiger partial charge in [-0.05, 0) is 30.9 Å². The number of fused-ring (bicyclic) bond motifs is 1. The van der Waals surface area contributed by atoms with E-state index in [4.69, 9.17) is 0 Å². The lowest BCUT2D eigenvalue weighted by Gasteiger charge is -2.29. The highest BCUT2D eigenvalue weighted by molar-refractivity contribution is 7.85. The first-order chi connectivity index (χ1) is 9.74. The van der Waals surface area contributed by atoms with Crippen molar-refractivity contribution in [3.63, 3.8) is 0 Å². The molecular formula is C15H20N2O2S. The van der Waals surface area contributed by atoms with E-state index >= 15 is 0 Å². The van der Waals surface area contributed by atoms with Crippen molar-refractivity contribution < 1.29 is 9.00 Å². The van der Waals surface area contributed by atoms with Gasteiger partial charge in [-0.3, -0.25) is 9.00 Å². The fraction of sp³-hybridized carbons (Fsp3) is 0.533. The smallest absolute Gasteiger partial charge is 0.227 e. The summed E-state index contributed by atoms with van der Waals surface area (Å²) in [6.07, 6.45) is 2.51. The van der Waals surface area contributed by atoms with Gasteiger partial charge >= 0.3 is 0 Å². The van der Waals surface area contributed by atoms with Crippen molar-refractivity contribution in [2.24, 2.45) is 0 Å². The molecule has 2 aliphatic rings. The van der Waals surface area contributed by atoms with Crippen molar-refractivity contribution in [2.75, 3.05) is 23.4 Å². The summed E-state index contributed by atoms with van der Waals surface area (Å²) in [6.45, 7) is 0.837. The van der Waals surface area contributed by atoms with E-state index in [1.807, 2.05) is 24.3 Å². The third-order valence-electron chi connectivity index (χ3n) is 4.14. The Morgan fingerprint density at radius 2 is 1.95 bits per heavy atom. The number of amides is 1. The molecule has 0 radical (unpaired) electrons. The number of hydrogen-bond acceptors (Lipinski definition) is 3. The zero-order chi connectivity index (χ0) is 13.9. The fourth-order valence-electron chi connectivity index (χ4n) is 2.98. The molecule has 1 aromatic rings. The van der Waals surface area contributed by atoms with E-state index in [1.54, 1.807) is 0 Å². The van der Waals surface area contributed by atoms with Crippen molar-refractivity contribution in [3.8, 4) is 0 Å². The maximum absolute atomic E-state index is 12.5. The first-order valence-corrected chi connectivity index (χ1v) is 8.71. The van der Waals surface area contributed by atoms with Crippen LogP contribution in [0.4, 0.5) is 5.69 Å². The third-order valence-corrected chi connectivity index (χ3v) is 5.52. The SMILES string of the molecule is O=C(NC1CCS(=O)CC1)C1CCNc2ccccc21. The summed E-state index contributed by atoms with van der Waals surface area (Å²) >= 11 is 0. The lowest BCUT2D eigenvalue weighted by molar-refractivity contribution is -0.123. The van der Waals surface area contributed by atoms with E-state index in [0.29, 0.717) is 11.5 Å². The molecule has 0 saturated carbocycles. The number of hydrogen-bond donors (Lipinski definition) is 2. The molecule has 0 bridgehead atoms. The first-order valence-electron chi connectivity index (χ1n) is 7.22. The molecule has 20 heavy (non-hydrogen) atoms. The van der Waals surface area contributed by atoms with Crippen LogP contribution in [0.2, 0.25) is 0 Å². The topological polar surface area (TPSA) is 58.2 Å². The standard InChI is InChI=1S/C15H20N2O2S/c18-15(17-11-6-9-20(19)10-7-11)13-5-8-16-14-4-2-1-3-12(13)14/h1-4,11,13,16H,5-10H2,(H,17,18). The highest BCUT2D eigenvalue weighted by Gasteiger charge is 2.28. The minimum Gasteiger partial charge on any atom is -0.385 e. The van der Waals surface area contributed by atoms with Crippen LogP contribution in [-0.2, 0) is 15.6 Å². The van der Waals surface area contributed by atoms with E-state index in [0.717, 1.165) is 37.1 Å². The summed E-state index contributed by atoms with van der Waals surface area (Å²) in [5, 5.41) is 6.49. The van der Waals surface area contributed by atoms with Crippen molar-refractivity contribution >= 4 is 22.4 Å². The van der Waals surface area contributed by atoms with E-state index in [-0.39, 0.29) is 17.9 Å². The van der Waals surface area contributed by atoms with Crippen LogP contribution in [-0.4, -0.2) is 34.2 Å². The van der Waals surface area contributed by atoms with Crippen LogP contribution in [0.5, 0.6) is 0 Å². The molecule has 2 heterocycles. The predicted octanol–water partition coefficient (Wildman–Crippen LogP) is 1.61. The molecule has 1 fully saturated rings. The number of benzene rings is 1. The first kappa shape index (κ1) is 13.6. The lowest BCUT2D eigenvalue weighted by atomic mass is 9.90. The average Bonchev–Trinajstić information content (AvgIpc) is 2.49. The Morgan fingerprint density at radius 1 is 1.20 bits per heavy atom. The molecule has 4 nitrogen and oxygen atoms in total. The minimum atomic E-state index is -0.678. The molecule has 0 aromatic heterocycles. The summed E-state index contributed by atoms with van der Waals surface area (Å²) in [5.41, 5.74) is 2.17. The van der Waals surface area contributed by atoms with Gasteiger partial charge in [-0.1, -0.05) is 18.2 Å². The number of nitrogens with one attached hydrogen (secondary N) is 2. The van der Waals surface area contributed by atoms with Crippen LogP contribution in [0, 0.1) is 0 Å². The highest BCUT2D eigenvalue weighted by Crippen LogP contribution is 2.31. The van der Waals surface area contributed by atoms with Gasteiger partial charge in [0, 0.05) is 40.6 Å². The summed E-state index contributed by atoms with van der Waals surface area (Å²) in [4.78, 5) is 12.5. The van der Waals surface area contributed by atoms with Crippen LogP contribution in [0.1, 0.15) is 30.7 Å². The summed E-state index contributed by atoms with van der Waals surface area (Å²) in [5.74, 6) is 1.50. The second-order valence-corrected chi connectivity index (χ2v) is 7.18. The molecule has 1 amide bonds. The van der Waals surface area contributed by atoms with Gasteiger partial charge in [0.1, 0.15) is 0 Å². The number of carbonyl (C=O) groups excluding carboxylic acids is 1. The van der Waals surface area contributed by atoms with Crippen LogP contribution in [0.15, 0.2) is 24.3 Å². The maximum Gasteiger partial charge on any atom is 0.227 e. The van der Waals surface area contributed by atoms with E-state index < -0.39 is 10.8 Å². The monoisotopic (exact) mass is 292 g/mol. The molecular weight excluding hydrogens is 272 g/mol. The van der Waals surface area contributed by atoms with Gasteiger partial charge < -0.3 is 10.6 Å². The average molecular weight is 292 g/mol.